The highest BCUT2D eigenvalue weighted by molar-refractivity contribution is 7.13. The molecule has 2 aromatic rings. The molecule has 0 fully saturated rings. The normalized spacial score (nSPS) is 10.5. The number of halogens is 1. The van der Waals surface area contributed by atoms with Gasteiger partial charge in [0.2, 0.25) is 0 Å². The van der Waals surface area contributed by atoms with Gasteiger partial charge in [-0.3, -0.25) is 10.1 Å². The standard InChI is InChI=1S/C7H3ClN2O2S/c8-7-4-3-9-13-6(4)2-1-5(7)10(11)12/h1-3H. The molecule has 4 nitrogen and oxygen atoms in total. The third-order valence-electron chi connectivity index (χ3n) is 1.65. The first-order valence-corrected chi connectivity index (χ1v) is 4.52. The van der Waals surface area contributed by atoms with Gasteiger partial charge >= 0.3 is 0 Å². The second kappa shape index (κ2) is 2.93. The van der Waals surface area contributed by atoms with Crippen LogP contribution in [0.15, 0.2) is 18.3 Å². The summed E-state index contributed by atoms with van der Waals surface area (Å²) in [5.74, 6) is 0. The molecule has 0 aliphatic carbocycles. The molecule has 0 radical (unpaired) electrons. The monoisotopic (exact) mass is 214 g/mol. The highest BCUT2D eigenvalue weighted by Crippen LogP contribution is 2.33. The van der Waals surface area contributed by atoms with Crippen LogP contribution >= 0.6 is 23.1 Å². The molecule has 13 heavy (non-hydrogen) atoms. The molecule has 0 atom stereocenters. The molecule has 0 saturated carbocycles. The molecule has 2 rings (SSSR count). The van der Waals surface area contributed by atoms with Crippen LogP contribution in [-0.2, 0) is 0 Å². The topological polar surface area (TPSA) is 56.0 Å². The van der Waals surface area contributed by atoms with Crippen molar-refractivity contribution >= 4 is 38.9 Å². The van der Waals surface area contributed by atoms with Crippen molar-refractivity contribution in [2.24, 2.45) is 0 Å². The summed E-state index contributed by atoms with van der Waals surface area (Å²) in [5.41, 5.74) is -0.0747. The SMILES string of the molecule is O=[N+]([O-])c1ccc2sncc2c1Cl. The molecule has 6 heteroatoms. The first kappa shape index (κ1) is 8.40. The van der Waals surface area contributed by atoms with Crippen molar-refractivity contribution in [1.82, 2.24) is 4.37 Å². The zero-order valence-corrected chi connectivity index (χ0v) is 7.80. The third kappa shape index (κ3) is 1.26. The predicted molar refractivity (Wildman–Crippen MR) is 51.3 cm³/mol. The van der Waals surface area contributed by atoms with E-state index < -0.39 is 4.92 Å². The van der Waals surface area contributed by atoms with E-state index in [1.165, 1.54) is 23.8 Å². The first-order chi connectivity index (χ1) is 6.20. The van der Waals surface area contributed by atoms with Crippen molar-refractivity contribution in [2.75, 3.05) is 0 Å². The molecule has 0 spiro atoms. The van der Waals surface area contributed by atoms with Gasteiger partial charge in [0.1, 0.15) is 5.02 Å². The quantitative estimate of drug-likeness (QED) is 0.542. The molecule has 0 saturated heterocycles. The van der Waals surface area contributed by atoms with E-state index in [4.69, 9.17) is 11.6 Å². The minimum absolute atomic E-state index is 0.0747. The van der Waals surface area contributed by atoms with Crippen LogP contribution in [0.4, 0.5) is 5.69 Å². The largest absolute Gasteiger partial charge is 0.288 e. The maximum atomic E-state index is 10.5. The fourth-order valence-corrected chi connectivity index (χ4v) is 2.03. The van der Waals surface area contributed by atoms with E-state index in [2.05, 4.69) is 4.37 Å². The predicted octanol–water partition coefficient (Wildman–Crippen LogP) is 2.86. The second-order valence-corrected chi connectivity index (χ2v) is 3.60. The Morgan fingerprint density at radius 2 is 2.31 bits per heavy atom. The van der Waals surface area contributed by atoms with Gasteiger partial charge in [-0.15, -0.1) is 0 Å². The molecule has 0 bridgehead atoms. The zero-order valence-electron chi connectivity index (χ0n) is 6.23. The molecule has 1 aromatic heterocycles. The number of hydrogen-bond acceptors (Lipinski definition) is 4. The minimum atomic E-state index is -0.501. The number of nitrogens with zero attached hydrogens (tertiary/aromatic N) is 2. The zero-order chi connectivity index (χ0) is 9.42. The highest BCUT2D eigenvalue weighted by Gasteiger charge is 2.15. The first-order valence-electron chi connectivity index (χ1n) is 3.37. The van der Waals surface area contributed by atoms with Crippen LogP contribution in [0.2, 0.25) is 5.02 Å². The smallest absolute Gasteiger partial charge is 0.258 e. The van der Waals surface area contributed by atoms with E-state index in [-0.39, 0.29) is 10.7 Å². The van der Waals surface area contributed by atoms with Gasteiger partial charge < -0.3 is 0 Å². The molecule has 1 heterocycles. The molecule has 0 aliphatic rings. The maximum absolute atomic E-state index is 10.5. The summed E-state index contributed by atoms with van der Waals surface area (Å²) in [4.78, 5) is 9.99. The lowest BCUT2D eigenvalue weighted by Gasteiger charge is -1.94. The van der Waals surface area contributed by atoms with Gasteiger partial charge in [0.25, 0.3) is 5.69 Å². The van der Waals surface area contributed by atoms with Crippen LogP contribution in [-0.4, -0.2) is 9.30 Å². The van der Waals surface area contributed by atoms with Gasteiger partial charge in [-0.05, 0) is 17.6 Å². The van der Waals surface area contributed by atoms with Gasteiger partial charge in [0.05, 0.1) is 15.8 Å². The van der Waals surface area contributed by atoms with Crippen LogP contribution < -0.4 is 0 Å². The maximum Gasteiger partial charge on any atom is 0.288 e. The summed E-state index contributed by atoms with van der Waals surface area (Å²) in [6, 6.07) is 3.04. The van der Waals surface area contributed by atoms with E-state index in [9.17, 15) is 10.1 Å². The Hall–Kier alpha value is -1.20. The van der Waals surface area contributed by atoms with Crippen LogP contribution in [0.3, 0.4) is 0 Å². The van der Waals surface area contributed by atoms with Crippen molar-refractivity contribution < 1.29 is 4.92 Å². The van der Waals surface area contributed by atoms with Crippen molar-refractivity contribution in [3.05, 3.63) is 33.5 Å². The number of fused-ring (bicyclic) bond motifs is 1. The fraction of sp³-hybridized carbons (Fsp3) is 0. The molecule has 0 N–H and O–H groups in total. The highest BCUT2D eigenvalue weighted by atomic mass is 35.5. The Balaban J connectivity index is 2.80. The van der Waals surface area contributed by atoms with Crippen LogP contribution in [0, 0.1) is 10.1 Å². The number of nitro groups is 1. The molecular weight excluding hydrogens is 212 g/mol. The summed E-state index contributed by atoms with van der Waals surface area (Å²) in [6.07, 6.45) is 1.54. The number of rotatable bonds is 1. The van der Waals surface area contributed by atoms with Gasteiger partial charge in [0, 0.05) is 11.5 Å². The van der Waals surface area contributed by atoms with Crippen LogP contribution in [0.5, 0.6) is 0 Å². The lowest BCUT2D eigenvalue weighted by Crippen LogP contribution is -1.88. The second-order valence-electron chi connectivity index (χ2n) is 2.39. The molecule has 0 aliphatic heterocycles. The third-order valence-corrected chi connectivity index (χ3v) is 2.81. The van der Waals surface area contributed by atoms with E-state index in [1.54, 1.807) is 6.07 Å². The summed E-state index contributed by atoms with van der Waals surface area (Å²) < 4.78 is 4.75. The van der Waals surface area contributed by atoms with E-state index in [0.29, 0.717) is 5.39 Å². The lowest BCUT2D eigenvalue weighted by molar-refractivity contribution is -0.384. The van der Waals surface area contributed by atoms with E-state index in [1.807, 2.05) is 0 Å². The van der Waals surface area contributed by atoms with Crippen LogP contribution in [0.25, 0.3) is 10.1 Å². The number of benzene rings is 1. The number of nitro benzene ring substituents is 1. The summed E-state index contributed by atoms with van der Waals surface area (Å²) >= 11 is 7.07. The summed E-state index contributed by atoms with van der Waals surface area (Å²) in [6.45, 7) is 0. The average Bonchev–Trinajstić information content (AvgIpc) is 2.52. The lowest BCUT2D eigenvalue weighted by atomic mass is 10.2. The Bertz CT molecular complexity index is 482. The molecule has 1 aromatic carbocycles. The summed E-state index contributed by atoms with van der Waals surface area (Å²) in [5, 5.41) is 11.3. The molecular formula is C7H3ClN2O2S. The van der Waals surface area contributed by atoms with Gasteiger partial charge in [-0.1, -0.05) is 11.6 Å². The fourth-order valence-electron chi connectivity index (χ4n) is 1.04. The number of aromatic nitrogens is 1. The molecule has 66 valence electrons. The average molecular weight is 215 g/mol. The van der Waals surface area contributed by atoms with Crippen molar-refractivity contribution in [3.8, 4) is 0 Å². The Morgan fingerprint density at radius 3 is 3.00 bits per heavy atom. The van der Waals surface area contributed by atoms with E-state index >= 15 is 0 Å². The van der Waals surface area contributed by atoms with Crippen molar-refractivity contribution in [3.63, 3.8) is 0 Å². The molecule has 0 amide bonds. The van der Waals surface area contributed by atoms with Gasteiger partial charge in [-0.25, -0.2) is 0 Å². The number of hydrogen-bond donors (Lipinski definition) is 0. The van der Waals surface area contributed by atoms with Crippen molar-refractivity contribution in [2.45, 2.75) is 0 Å². The Labute approximate surface area is 82.1 Å². The Kier molecular flexibility index (Phi) is 1.90. The summed E-state index contributed by atoms with van der Waals surface area (Å²) in [7, 11) is 0. The molecule has 0 unspecified atom stereocenters. The van der Waals surface area contributed by atoms with Crippen LogP contribution in [0.1, 0.15) is 0 Å². The Morgan fingerprint density at radius 1 is 1.54 bits per heavy atom. The minimum Gasteiger partial charge on any atom is -0.258 e. The van der Waals surface area contributed by atoms with Gasteiger partial charge in [0.15, 0.2) is 0 Å². The van der Waals surface area contributed by atoms with Crippen molar-refractivity contribution in [1.29, 1.82) is 0 Å². The van der Waals surface area contributed by atoms with E-state index in [0.717, 1.165) is 4.70 Å². The van der Waals surface area contributed by atoms with Gasteiger partial charge in [-0.2, -0.15) is 4.37 Å².